The molecule has 0 fully saturated rings. The third-order valence-corrected chi connectivity index (χ3v) is 2.82. The molecule has 0 bridgehead atoms. The van der Waals surface area contributed by atoms with Crippen molar-refractivity contribution in [1.29, 1.82) is 5.26 Å². The number of carbonyl (C=O) groups excluding carboxylic acids is 2. The number of amides is 1. The summed E-state index contributed by atoms with van der Waals surface area (Å²) >= 11 is 0. The van der Waals surface area contributed by atoms with Gasteiger partial charge in [0.2, 0.25) is 0 Å². The van der Waals surface area contributed by atoms with Crippen LogP contribution in [0.3, 0.4) is 0 Å². The highest BCUT2D eigenvalue weighted by molar-refractivity contribution is 5.83. The smallest absolute Gasteiger partial charge is 0.408 e. The van der Waals surface area contributed by atoms with Gasteiger partial charge in [0.25, 0.3) is 0 Å². The van der Waals surface area contributed by atoms with Gasteiger partial charge in [0.05, 0.1) is 18.7 Å². The van der Waals surface area contributed by atoms with Crippen LogP contribution in [0.2, 0.25) is 0 Å². The van der Waals surface area contributed by atoms with Crippen LogP contribution in [0.1, 0.15) is 43.5 Å². The van der Waals surface area contributed by atoms with Gasteiger partial charge in [-0.05, 0) is 51.0 Å². The minimum Gasteiger partial charge on any atom is -0.467 e. The molecule has 0 aliphatic heterocycles. The first-order chi connectivity index (χ1) is 10.2. The second kappa shape index (κ2) is 6.94. The van der Waals surface area contributed by atoms with Crippen LogP contribution in [0.25, 0.3) is 0 Å². The van der Waals surface area contributed by atoms with Crippen LogP contribution in [0.5, 0.6) is 0 Å². The molecule has 0 heterocycles. The first-order valence-electron chi connectivity index (χ1n) is 6.76. The summed E-state index contributed by atoms with van der Waals surface area (Å²) in [6, 6.07) is 5.87. The van der Waals surface area contributed by atoms with Crippen LogP contribution >= 0.6 is 0 Å². The molecule has 1 rings (SSSR count). The lowest BCUT2D eigenvalue weighted by molar-refractivity contribution is -0.143. The summed E-state index contributed by atoms with van der Waals surface area (Å²) in [4.78, 5) is 23.9. The Labute approximate surface area is 130 Å². The summed E-state index contributed by atoms with van der Waals surface area (Å²) < 4.78 is 9.89. The Kier molecular flexibility index (Phi) is 5.52. The van der Waals surface area contributed by atoms with Crippen molar-refractivity contribution in [3.8, 4) is 6.07 Å². The average molecular weight is 304 g/mol. The molecule has 1 unspecified atom stereocenters. The Morgan fingerprint density at radius 1 is 1.32 bits per heavy atom. The van der Waals surface area contributed by atoms with Gasteiger partial charge in [0.1, 0.15) is 5.60 Å². The van der Waals surface area contributed by atoms with Gasteiger partial charge in [-0.3, -0.25) is 0 Å². The number of esters is 1. The van der Waals surface area contributed by atoms with E-state index in [1.54, 1.807) is 45.9 Å². The standard InChI is InChI=1S/C16H20N2O4/c1-10-6-7-11(9-17)8-12(10)13(14(19)21-5)18-15(20)22-16(2,3)4/h6-8,13H,1-5H3,(H,18,20). The van der Waals surface area contributed by atoms with Crippen molar-refractivity contribution in [2.75, 3.05) is 7.11 Å². The highest BCUT2D eigenvalue weighted by Crippen LogP contribution is 2.21. The number of hydrogen-bond acceptors (Lipinski definition) is 5. The van der Waals surface area contributed by atoms with Gasteiger partial charge in [-0.1, -0.05) is 6.07 Å². The van der Waals surface area contributed by atoms with Gasteiger partial charge in [-0.15, -0.1) is 0 Å². The molecule has 0 radical (unpaired) electrons. The molecule has 0 saturated carbocycles. The van der Waals surface area contributed by atoms with Crippen molar-refractivity contribution in [3.63, 3.8) is 0 Å². The molecular formula is C16H20N2O4. The summed E-state index contributed by atoms with van der Waals surface area (Å²) in [5.41, 5.74) is 0.955. The molecule has 1 atom stereocenters. The Hall–Kier alpha value is -2.55. The lowest BCUT2D eigenvalue weighted by Gasteiger charge is -2.23. The zero-order valence-corrected chi connectivity index (χ0v) is 13.4. The first kappa shape index (κ1) is 17.5. The van der Waals surface area contributed by atoms with E-state index in [1.807, 2.05) is 6.07 Å². The molecule has 0 spiro atoms. The van der Waals surface area contributed by atoms with Crippen LogP contribution in [0.15, 0.2) is 18.2 Å². The van der Waals surface area contributed by atoms with Crippen LogP contribution < -0.4 is 5.32 Å². The number of rotatable bonds is 3. The number of carbonyl (C=O) groups is 2. The SMILES string of the molecule is COC(=O)C(NC(=O)OC(C)(C)C)c1cc(C#N)ccc1C. The maximum atomic E-state index is 12.0. The largest absolute Gasteiger partial charge is 0.467 e. The summed E-state index contributed by atoms with van der Waals surface area (Å²) in [6.45, 7) is 6.95. The van der Waals surface area contributed by atoms with Gasteiger partial charge in [0.15, 0.2) is 6.04 Å². The first-order valence-corrected chi connectivity index (χ1v) is 6.76. The monoisotopic (exact) mass is 304 g/mol. The molecular weight excluding hydrogens is 284 g/mol. The molecule has 118 valence electrons. The van der Waals surface area contributed by atoms with Crippen LogP contribution in [0.4, 0.5) is 4.79 Å². The maximum Gasteiger partial charge on any atom is 0.408 e. The Morgan fingerprint density at radius 3 is 2.45 bits per heavy atom. The molecule has 22 heavy (non-hydrogen) atoms. The topological polar surface area (TPSA) is 88.4 Å². The number of alkyl carbamates (subject to hydrolysis) is 1. The van der Waals surface area contributed by atoms with E-state index in [4.69, 9.17) is 14.7 Å². The van der Waals surface area contributed by atoms with E-state index in [-0.39, 0.29) is 0 Å². The normalized spacial score (nSPS) is 12.0. The van der Waals surface area contributed by atoms with Crippen LogP contribution in [-0.2, 0) is 14.3 Å². The fourth-order valence-electron chi connectivity index (χ4n) is 1.83. The van der Waals surface area contributed by atoms with E-state index in [0.29, 0.717) is 11.1 Å². The number of benzene rings is 1. The van der Waals surface area contributed by atoms with Crippen molar-refractivity contribution in [2.45, 2.75) is 39.3 Å². The Morgan fingerprint density at radius 2 is 1.95 bits per heavy atom. The minimum absolute atomic E-state index is 0.389. The molecule has 1 amide bonds. The van der Waals surface area contributed by atoms with Gasteiger partial charge in [-0.25, -0.2) is 9.59 Å². The fourth-order valence-corrected chi connectivity index (χ4v) is 1.83. The average Bonchev–Trinajstić information content (AvgIpc) is 2.43. The number of nitrogens with zero attached hydrogens (tertiary/aromatic N) is 1. The predicted octanol–water partition coefficient (Wildman–Crippen LogP) is 2.61. The molecule has 0 saturated heterocycles. The third kappa shape index (κ3) is 4.77. The summed E-state index contributed by atoms with van der Waals surface area (Å²) in [5.74, 6) is -0.635. The Bertz CT molecular complexity index is 612. The van der Waals surface area contributed by atoms with Crippen molar-refractivity contribution < 1.29 is 19.1 Å². The van der Waals surface area contributed by atoms with E-state index in [1.165, 1.54) is 7.11 Å². The van der Waals surface area contributed by atoms with E-state index in [9.17, 15) is 9.59 Å². The maximum absolute atomic E-state index is 12.0. The molecule has 6 heteroatoms. The lowest BCUT2D eigenvalue weighted by Crippen LogP contribution is -2.38. The molecule has 1 N–H and O–H groups in total. The van der Waals surface area contributed by atoms with E-state index in [2.05, 4.69) is 5.32 Å². The van der Waals surface area contributed by atoms with Crippen molar-refractivity contribution in [2.24, 2.45) is 0 Å². The zero-order valence-electron chi connectivity index (χ0n) is 13.4. The summed E-state index contributed by atoms with van der Waals surface area (Å²) in [5, 5.41) is 11.5. The van der Waals surface area contributed by atoms with Crippen molar-refractivity contribution >= 4 is 12.1 Å². The minimum atomic E-state index is -1.03. The van der Waals surface area contributed by atoms with Gasteiger partial charge in [0, 0.05) is 0 Å². The van der Waals surface area contributed by atoms with Gasteiger partial charge < -0.3 is 14.8 Å². The molecule has 1 aromatic rings. The second-order valence-corrected chi connectivity index (χ2v) is 5.79. The van der Waals surface area contributed by atoms with Crippen molar-refractivity contribution in [3.05, 3.63) is 34.9 Å². The Balaban J connectivity index is 3.12. The summed E-state index contributed by atoms with van der Waals surface area (Å²) in [7, 11) is 1.23. The number of aryl methyl sites for hydroxylation is 1. The number of methoxy groups -OCH3 is 1. The van der Waals surface area contributed by atoms with E-state index < -0.39 is 23.7 Å². The lowest BCUT2D eigenvalue weighted by atomic mass is 9.99. The molecule has 0 aromatic heterocycles. The molecule has 0 aliphatic rings. The number of hydrogen-bond donors (Lipinski definition) is 1. The van der Waals surface area contributed by atoms with Crippen molar-refractivity contribution in [1.82, 2.24) is 5.32 Å². The predicted molar refractivity (Wildman–Crippen MR) is 80.0 cm³/mol. The van der Waals surface area contributed by atoms with Gasteiger partial charge >= 0.3 is 12.1 Å². The quantitative estimate of drug-likeness (QED) is 0.867. The zero-order chi connectivity index (χ0) is 16.9. The number of nitriles is 1. The van der Waals surface area contributed by atoms with Gasteiger partial charge in [-0.2, -0.15) is 5.26 Å². The second-order valence-electron chi connectivity index (χ2n) is 5.79. The molecule has 6 nitrogen and oxygen atoms in total. The van der Waals surface area contributed by atoms with Crippen LogP contribution in [-0.4, -0.2) is 24.8 Å². The number of nitrogens with one attached hydrogen (secondary N) is 1. The van der Waals surface area contributed by atoms with Crippen LogP contribution in [0, 0.1) is 18.3 Å². The molecule has 1 aromatic carbocycles. The fraction of sp³-hybridized carbons (Fsp3) is 0.438. The van der Waals surface area contributed by atoms with E-state index >= 15 is 0 Å². The molecule has 0 aliphatic carbocycles. The summed E-state index contributed by atoms with van der Waals surface area (Å²) in [6.07, 6.45) is -0.732. The number of ether oxygens (including phenoxy) is 2. The highest BCUT2D eigenvalue weighted by atomic mass is 16.6. The third-order valence-electron chi connectivity index (χ3n) is 2.82. The van der Waals surface area contributed by atoms with E-state index in [0.717, 1.165) is 5.56 Å². The highest BCUT2D eigenvalue weighted by Gasteiger charge is 2.27.